The van der Waals surface area contributed by atoms with Crippen LogP contribution in [0.25, 0.3) is 11.1 Å². The van der Waals surface area contributed by atoms with Crippen molar-refractivity contribution in [3.63, 3.8) is 0 Å². The van der Waals surface area contributed by atoms with Gasteiger partial charge >= 0.3 is 12.0 Å². The maximum absolute atomic E-state index is 12.1. The van der Waals surface area contributed by atoms with Gasteiger partial charge in [-0.15, -0.1) is 0 Å². The first kappa shape index (κ1) is 32.2. The fourth-order valence-corrected chi connectivity index (χ4v) is 6.01. The van der Waals surface area contributed by atoms with Crippen molar-refractivity contribution >= 4 is 23.8 Å². The number of amides is 2. The number of hydrogen-bond donors (Lipinski definition) is 4. The minimum Gasteiger partial charge on any atom is -0.465 e. The Hall–Kier alpha value is -4.23. The third kappa shape index (κ3) is 8.70. The average Bonchev–Trinajstić information content (AvgIpc) is 3.60. The van der Waals surface area contributed by atoms with E-state index in [1.165, 1.54) is 6.33 Å². The number of carbonyl (C=O) groups excluding carboxylic acids is 2. The fourth-order valence-electron chi connectivity index (χ4n) is 5.07. The zero-order valence-electron chi connectivity index (χ0n) is 25.1. The van der Waals surface area contributed by atoms with Gasteiger partial charge in [0, 0.05) is 23.8 Å². The lowest BCUT2D eigenvalue weighted by Gasteiger charge is -2.41. The van der Waals surface area contributed by atoms with E-state index in [1.54, 1.807) is 18.7 Å². The van der Waals surface area contributed by atoms with E-state index in [4.69, 9.17) is 14.2 Å². The largest absolute Gasteiger partial charge is 0.465 e. The predicted octanol–water partition coefficient (Wildman–Crippen LogP) is 4.91. The molecule has 1 saturated heterocycles. The molecule has 0 saturated carbocycles. The zero-order valence-corrected chi connectivity index (χ0v) is 26.0. The van der Waals surface area contributed by atoms with Gasteiger partial charge in [-0.2, -0.15) is 5.10 Å². The van der Waals surface area contributed by atoms with Gasteiger partial charge in [0.15, 0.2) is 11.4 Å². The van der Waals surface area contributed by atoms with Crippen molar-refractivity contribution in [3.05, 3.63) is 101 Å². The summed E-state index contributed by atoms with van der Waals surface area (Å²) >= 11 is 1.55. The van der Waals surface area contributed by atoms with Crippen molar-refractivity contribution in [2.75, 3.05) is 18.9 Å². The number of nitrogens with one attached hydrogen (secondary N) is 3. The molecule has 2 amide bonds. The van der Waals surface area contributed by atoms with Gasteiger partial charge in [0.2, 0.25) is 0 Å². The van der Waals surface area contributed by atoms with E-state index in [-0.39, 0.29) is 44.4 Å². The summed E-state index contributed by atoms with van der Waals surface area (Å²) in [6.07, 6.45) is 0.499. The van der Waals surface area contributed by atoms with Crippen LogP contribution in [0.1, 0.15) is 48.5 Å². The van der Waals surface area contributed by atoms with E-state index in [2.05, 4.69) is 38.8 Å². The van der Waals surface area contributed by atoms with Crippen molar-refractivity contribution in [3.8, 4) is 11.1 Å². The Bertz CT molecular complexity index is 1550. The third-order valence-electron chi connectivity index (χ3n) is 7.47. The number of rotatable bonds is 12. The van der Waals surface area contributed by atoms with Gasteiger partial charge in [0.25, 0.3) is 0 Å². The van der Waals surface area contributed by atoms with Crippen LogP contribution in [0.4, 0.5) is 4.79 Å². The van der Waals surface area contributed by atoms with Gasteiger partial charge in [-0.3, -0.25) is 9.89 Å². The van der Waals surface area contributed by atoms with Gasteiger partial charge in [-0.05, 0) is 46.9 Å². The number of aliphatic hydroxyl groups is 1. The maximum atomic E-state index is 12.1. The Morgan fingerprint density at radius 3 is 2.49 bits per heavy atom. The lowest BCUT2D eigenvalue weighted by Crippen LogP contribution is -2.38. The maximum Gasteiger partial charge on any atom is 0.325 e. The molecule has 0 spiro atoms. The normalized spacial score (nSPS) is 19.5. The molecule has 0 aliphatic carbocycles. The molecule has 3 aromatic carbocycles. The number of esters is 1. The molecule has 1 aliphatic rings. The number of hydrogen-bond acceptors (Lipinski definition) is 9. The van der Waals surface area contributed by atoms with Gasteiger partial charge in [-0.25, -0.2) is 9.78 Å². The Balaban J connectivity index is 1.31. The highest BCUT2D eigenvalue weighted by Crippen LogP contribution is 2.43. The molecule has 2 heterocycles. The highest BCUT2D eigenvalue weighted by molar-refractivity contribution is 7.99. The summed E-state index contributed by atoms with van der Waals surface area (Å²) in [7, 11) is 0. The number of nitrogens with zero attached hydrogens (tertiary/aromatic N) is 2. The SMILES string of the molecule is CCOC(=O)CNC(=O)NCc1cccc(-c2cccc(C3OC(CSc4ncn[nH]4)C(C)C(c4ccc(CO)cc4)O3)c2)c1. The summed E-state index contributed by atoms with van der Waals surface area (Å²) in [4.78, 5) is 27.9. The molecule has 4 unspecified atom stereocenters. The summed E-state index contributed by atoms with van der Waals surface area (Å²) in [5.41, 5.74) is 5.59. The molecule has 12 heteroatoms. The van der Waals surface area contributed by atoms with Crippen molar-refractivity contribution in [1.82, 2.24) is 25.8 Å². The second kappa shape index (κ2) is 15.7. The molecule has 11 nitrogen and oxygen atoms in total. The van der Waals surface area contributed by atoms with E-state index >= 15 is 0 Å². The van der Waals surface area contributed by atoms with Crippen LogP contribution in [0.5, 0.6) is 0 Å². The van der Waals surface area contributed by atoms with Crippen LogP contribution in [0.15, 0.2) is 84.3 Å². The van der Waals surface area contributed by atoms with Crippen LogP contribution >= 0.6 is 11.8 Å². The molecule has 4 atom stereocenters. The molecule has 0 radical (unpaired) electrons. The van der Waals surface area contributed by atoms with E-state index in [0.29, 0.717) is 5.75 Å². The molecule has 5 rings (SSSR count). The van der Waals surface area contributed by atoms with E-state index < -0.39 is 18.3 Å². The number of aromatic nitrogens is 3. The lowest BCUT2D eigenvalue weighted by molar-refractivity contribution is -0.268. The standard InChI is InChI=1S/C33H37N5O6S/c1-3-42-29(40)17-35-32(41)34-16-23-6-4-7-25(14-23)26-8-5-9-27(15-26)31-43-28(19-45-33-36-20-37-38-33)21(2)30(44-31)24-12-10-22(18-39)11-13-24/h4-15,20-21,28,30-31,39H,3,16-19H2,1-2H3,(H2,34,35,41)(H,36,37,38). The molecule has 1 aromatic heterocycles. The third-order valence-corrected chi connectivity index (χ3v) is 8.44. The molecular formula is C33H37N5O6S. The van der Waals surface area contributed by atoms with Crippen LogP contribution in [0, 0.1) is 5.92 Å². The highest BCUT2D eigenvalue weighted by atomic mass is 32.2. The first-order valence-electron chi connectivity index (χ1n) is 14.8. The van der Waals surface area contributed by atoms with Crippen LogP contribution in [-0.4, -0.2) is 57.3 Å². The van der Waals surface area contributed by atoms with Crippen molar-refractivity contribution in [1.29, 1.82) is 0 Å². The highest BCUT2D eigenvalue weighted by Gasteiger charge is 2.38. The van der Waals surface area contributed by atoms with Crippen molar-refractivity contribution in [2.24, 2.45) is 5.92 Å². The Kier molecular flexibility index (Phi) is 11.2. The number of benzene rings is 3. The fraction of sp³-hybridized carbons (Fsp3) is 0.333. The monoisotopic (exact) mass is 631 g/mol. The molecular weight excluding hydrogens is 594 g/mol. The number of urea groups is 1. The second-order valence-electron chi connectivity index (χ2n) is 10.6. The lowest BCUT2D eigenvalue weighted by atomic mass is 9.91. The number of aromatic amines is 1. The topological polar surface area (TPSA) is 148 Å². The summed E-state index contributed by atoms with van der Waals surface area (Å²) in [5.74, 6) is 0.211. The molecule has 0 bridgehead atoms. The minimum absolute atomic E-state index is 0.0176. The molecule has 236 valence electrons. The molecule has 4 aromatic rings. The summed E-state index contributed by atoms with van der Waals surface area (Å²) in [6, 6.07) is 23.3. The Morgan fingerprint density at radius 1 is 0.978 bits per heavy atom. The van der Waals surface area contributed by atoms with Crippen LogP contribution < -0.4 is 10.6 Å². The van der Waals surface area contributed by atoms with Gasteiger partial charge in [0.05, 0.1) is 25.4 Å². The van der Waals surface area contributed by atoms with Crippen LogP contribution in [0.3, 0.4) is 0 Å². The zero-order chi connectivity index (χ0) is 31.6. The number of thioether (sulfide) groups is 1. The number of ether oxygens (including phenoxy) is 3. The first-order chi connectivity index (χ1) is 21.9. The Labute approximate surface area is 266 Å². The van der Waals surface area contributed by atoms with Gasteiger partial charge in [0.1, 0.15) is 12.9 Å². The van der Waals surface area contributed by atoms with Crippen molar-refractivity contribution < 1.29 is 28.9 Å². The van der Waals surface area contributed by atoms with Crippen LogP contribution in [-0.2, 0) is 32.2 Å². The first-order valence-corrected chi connectivity index (χ1v) is 15.8. The van der Waals surface area contributed by atoms with E-state index in [0.717, 1.165) is 38.5 Å². The summed E-state index contributed by atoms with van der Waals surface area (Å²) < 4.78 is 18.0. The van der Waals surface area contributed by atoms with E-state index in [9.17, 15) is 14.7 Å². The molecule has 4 N–H and O–H groups in total. The molecule has 1 aliphatic heterocycles. The Morgan fingerprint density at radius 2 is 1.76 bits per heavy atom. The number of H-pyrrole nitrogens is 1. The predicted molar refractivity (Wildman–Crippen MR) is 169 cm³/mol. The smallest absolute Gasteiger partial charge is 0.325 e. The quantitative estimate of drug-likeness (QED) is 0.126. The van der Waals surface area contributed by atoms with E-state index in [1.807, 2.05) is 66.7 Å². The summed E-state index contributed by atoms with van der Waals surface area (Å²) in [5, 5.41) is 22.4. The molecule has 1 fully saturated rings. The second-order valence-corrected chi connectivity index (χ2v) is 11.6. The average molecular weight is 632 g/mol. The van der Waals surface area contributed by atoms with Crippen molar-refractivity contribution in [2.45, 2.75) is 50.7 Å². The minimum atomic E-state index is -0.614. The van der Waals surface area contributed by atoms with Gasteiger partial charge in [-0.1, -0.05) is 79.3 Å². The number of carbonyl (C=O) groups is 2. The van der Waals surface area contributed by atoms with Crippen LogP contribution in [0.2, 0.25) is 0 Å². The number of aliphatic hydroxyl groups excluding tert-OH is 1. The molecule has 45 heavy (non-hydrogen) atoms. The summed E-state index contributed by atoms with van der Waals surface area (Å²) in [6.45, 7) is 4.18. The van der Waals surface area contributed by atoms with Gasteiger partial charge < -0.3 is 30.0 Å².